The molecule has 2 rings (SSSR count). The molecule has 4 nitrogen and oxygen atoms in total. The Morgan fingerprint density at radius 1 is 1.05 bits per heavy atom. The fourth-order valence-corrected chi connectivity index (χ4v) is 1.94. The average Bonchev–Trinajstić information content (AvgIpc) is 2.42. The summed E-state index contributed by atoms with van der Waals surface area (Å²) in [5.41, 5.74) is 0. The minimum atomic E-state index is 0.292. The molecule has 0 fully saturated rings. The van der Waals surface area contributed by atoms with Gasteiger partial charge in [-0.3, -0.25) is 0 Å². The summed E-state index contributed by atoms with van der Waals surface area (Å²) in [6.45, 7) is 0. The molecular formula is C13H12Cl2N2O2. The Morgan fingerprint density at radius 2 is 1.68 bits per heavy atom. The van der Waals surface area contributed by atoms with Crippen LogP contribution in [0.25, 0.3) is 0 Å². The molecule has 1 aromatic heterocycles. The van der Waals surface area contributed by atoms with Gasteiger partial charge < -0.3 is 14.8 Å². The third kappa shape index (κ3) is 3.22. The summed E-state index contributed by atoms with van der Waals surface area (Å²) in [5.74, 6) is 2.16. The SMILES string of the molecule is CNc1nc(Oc2ccc(OC)cc2)c(Cl)cc1Cl. The number of benzene rings is 1. The molecule has 0 aliphatic carbocycles. The maximum atomic E-state index is 6.04. The van der Waals surface area contributed by atoms with Crippen molar-refractivity contribution in [1.29, 1.82) is 0 Å². The highest BCUT2D eigenvalue weighted by Gasteiger charge is 2.10. The van der Waals surface area contributed by atoms with E-state index in [1.54, 1.807) is 44.5 Å². The first-order valence-corrected chi connectivity index (χ1v) is 6.25. The van der Waals surface area contributed by atoms with E-state index in [0.717, 1.165) is 5.75 Å². The van der Waals surface area contributed by atoms with Gasteiger partial charge in [-0.1, -0.05) is 23.2 Å². The molecule has 0 saturated heterocycles. The van der Waals surface area contributed by atoms with Gasteiger partial charge in [0.25, 0.3) is 0 Å². The van der Waals surface area contributed by atoms with E-state index in [9.17, 15) is 0 Å². The molecule has 0 unspecified atom stereocenters. The minimum absolute atomic E-state index is 0.292. The number of nitrogens with one attached hydrogen (secondary N) is 1. The first-order valence-electron chi connectivity index (χ1n) is 5.49. The van der Waals surface area contributed by atoms with Crippen LogP contribution in [0.4, 0.5) is 5.82 Å². The molecule has 0 atom stereocenters. The van der Waals surface area contributed by atoms with Crippen LogP contribution in [0.1, 0.15) is 0 Å². The van der Waals surface area contributed by atoms with Crippen LogP contribution in [0.2, 0.25) is 10.0 Å². The van der Waals surface area contributed by atoms with Crippen LogP contribution < -0.4 is 14.8 Å². The summed E-state index contributed by atoms with van der Waals surface area (Å²) in [4.78, 5) is 4.20. The summed E-state index contributed by atoms with van der Waals surface area (Å²) in [7, 11) is 3.33. The van der Waals surface area contributed by atoms with Crippen molar-refractivity contribution in [3.8, 4) is 17.4 Å². The van der Waals surface area contributed by atoms with Crippen molar-refractivity contribution in [2.75, 3.05) is 19.5 Å². The van der Waals surface area contributed by atoms with Gasteiger partial charge in [-0.15, -0.1) is 0 Å². The van der Waals surface area contributed by atoms with E-state index < -0.39 is 0 Å². The van der Waals surface area contributed by atoms with Crippen molar-refractivity contribution < 1.29 is 9.47 Å². The van der Waals surface area contributed by atoms with Crippen LogP contribution in [0.15, 0.2) is 30.3 Å². The number of hydrogen-bond donors (Lipinski definition) is 1. The smallest absolute Gasteiger partial charge is 0.240 e. The number of pyridine rings is 1. The van der Waals surface area contributed by atoms with Crippen molar-refractivity contribution in [3.05, 3.63) is 40.4 Å². The first-order chi connectivity index (χ1) is 9.13. The largest absolute Gasteiger partial charge is 0.497 e. The zero-order valence-electron chi connectivity index (χ0n) is 10.4. The monoisotopic (exact) mass is 298 g/mol. The third-order valence-corrected chi connectivity index (χ3v) is 2.97. The van der Waals surface area contributed by atoms with Crippen molar-refractivity contribution in [2.24, 2.45) is 0 Å². The van der Waals surface area contributed by atoms with E-state index in [0.29, 0.717) is 27.5 Å². The summed E-state index contributed by atoms with van der Waals surface area (Å²) in [6, 6.07) is 8.70. The molecule has 0 aliphatic heterocycles. The Morgan fingerprint density at radius 3 is 2.26 bits per heavy atom. The Balaban J connectivity index is 2.26. The molecule has 1 heterocycles. The zero-order valence-corrected chi connectivity index (χ0v) is 11.9. The number of ether oxygens (including phenoxy) is 2. The van der Waals surface area contributed by atoms with Gasteiger partial charge in [0.15, 0.2) is 0 Å². The second-order valence-corrected chi connectivity index (χ2v) is 4.45. The molecule has 0 radical (unpaired) electrons. The van der Waals surface area contributed by atoms with Gasteiger partial charge in [0.2, 0.25) is 5.88 Å². The van der Waals surface area contributed by atoms with Crippen molar-refractivity contribution >= 4 is 29.0 Å². The van der Waals surface area contributed by atoms with Crippen LogP contribution >= 0.6 is 23.2 Å². The summed E-state index contributed by atoms with van der Waals surface area (Å²) < 4.78 is 10.7. The molecule has 1 aromatic carbocycles. The van der Waals surface area contributed by atoms with Gasteiger partial charge >= 0.3 is 0 Å². The summed E-state index contributed by atoms with van der Waals surface area (Å²) in [5, 5.41) is 3.65. The van der Waals surface area contributed by atoms with E-state index in [1.165, 1.54) is 0 Å². The molecule has 19 heavy (non-hydrogen) atoms. The maximum absolute atomic E-state index is 6.04. The molecule has 100 valence electrons. The standard InChI is InChI=1S/C13H12Cl2N2O2/c1-16-12-10(14)7-11(15)13(17-12)19-9-5-3-8(18-2)4-6-9/h3-7H,1-2H3,(H,16,17). The van der Waals surface area contributed by atoms with Crippen LogP contribution in [0.3, 0.4) is 0 Å². The van der Waals surface area contributed by atoms with Crippen LogP contribution in [-0.4, -0.2) is 19.1 Å². The predicted molar refractivity (Wildman–Crippen MR) is 76.9 cm³/mol. The Hall–Kier alpha value is -1.65. The lowest BCUT2D eigenvalue weighted by molar-refractivity contribution is 0.412. The predicted octanol–water partition coefficient (Wildman–Crippen LogP) is 4.23. The number of aromatic nitrogens is 1. The lowest BCUT2D eigenvalue weighted by Crippen LogP contribution is -1.96. The third-order valence-electron chi connectivity index (χ3n) is 2.41. The second-order valence-electron chi connectivity index (χ2n) is 3.63. The van der Waals surface area contributed by atoms with Crippen molar-refractivity contribution in [2.45, 2.75) is 0 Å². The molecule has 0 aliphatic rings. The van der Waals surface area contributed by atoms with Crippen molar-refractivity contribution in [3.63, 3.8) is 0 Å². The Labute approximate surface area is 121 Å². The quantitative estimate of drug-likeness (QED) is 0.917. The number of nitrogens with zero attached hydrogens (tertiary/aromatic N) is 1. The number of hydrogen-bond acceptors (Lipinski definition) is 4. The number of halogens is 2. The highest BCUT2D eigenvalue weighted by atomic mass is 35.5. The zero-order chi connectivity index (χ0) is 13.8. The van der Waals surface area contributed by atoms with Gasteiger partial charge in [0.05, 0.1) is 12.1 Å². The van der Waals surface area contributed by atoms with Gasteiger partial charge in [0, 0.05) is 7.05 Å². The van der Waals surface area contributed by atoms with E-state index in [4.69, 9.17) is 32.7 Å². The van der Waals surface area contributed by atoms with E-state index in [1.807, 2.05) is 0 Å². The highest BCUT2D eigenvalue weighted by molar-refractivity contribution is 6.36. The fraction of sp³-hybridized carbons (Fsp3) is 0.154. The number of rotatable bonds is 4. The van der Waals surface area contributed by atoms with Gasteiger partial charge in [-0.05, 0) is 30.3 Å². The van der Waals surface area contributed by atoms with Crippen molar-refractivity contribution in [1.82, 2.24) is 4.98 Å². The van der Waals surface area contributed by atoms with E-state index in [-0.39, 0.29) is 0 Å². The lowest BCUT2D eigenvalue weighted by Gasteiger charge is -2.10. The average molecular weight is 299 g/mol. The minimum Gasteiger partial charge on any atom is -0.497 e. The molecule has 0 saturated carbocycles. The molecule has 1 N–H and O–H groups in total. The van der Waals surface area contributed by atoms with Crippen LogP contribution in [0.5, 0.6) is 17.4 Å². The second kappa shape index (κ2) is 5.99. The normalized spacial score (nSPS) is 10.1. The van der Waals surface area contributed by atoms with Crippen LogP contribution in [0, 0.1) is 0 Å². The highest BCUT2D eigenvalue weighted by Crippen LogP contribution is 2.33. The Bertz CT molecular complexity index is 574. The first kappa shape index (κ1) is 13.8. The van der Waals surface area contributed by atoms with E-state index >= 15 is 0 Å². The molecule has 0 spiro atoms. The maximum Gasteiger partial charge on any atom is 0.240 e. The number of methoxy groups -OCH3 is 1. The van der Waals surface area contributed by atoms with E-state index in [2.05, 4.69) is 10.3 Å². The molecule has 0 bridgehead atoms. The topological polar surface area (TPSA) is 43.4 Å². The van der Waals surface area contributed by atoms with Gasteiger partial charge in [0.1, 0.15) is 22.3 Å². The lowest BCUT2D eigenvalue weighted by atomic mass is 10.3. The van der Waals surface area contributed by atoms with Gasteiger partial charge in [-0.25, -0.2) is 0 Å². The van der Waals surface area contributed by atoms with Crippen LogP contribution in [-0.2, 0) is 0 Å². The Kier molecular flexibility index (Phi) is 4.35. The molecule has 0 amide bonds. The molecule has 6 heteroatoms. The van der Waals surface area contributed by atoms with Gasteiger partial charge in [-0.2, -0.15) is 4.98 Å². The summed E-state index contributed by atoms with van der Waals surface area (Å²) >= 11 is 12.0. The molecular weight excluding hydrogens is 287 g/mol. The number of anilines is 1. The fourth-order valence-electron chi connectivity index (χ4n) is 1.45. The summed E-state index contributed by atoms with van der Waals surface area (Å²) in [6.07, 6.45) is 0. The molecule has 2 aromatic rings.